The van der Waals surface area contributed by atoms with Crippen LogP contribution in [0.25, 0.3) is 11.1 Å². The topological polar surface area (TPSA) is 95.3 Å². The number of nitrogens with one attached hydrogen (secondary N) is 3. The minimum atomic E-state index is -2.32. The largest absolute Gasteiger partial charge is 0.459 e. The SMILES string of the molecule is CC1Cc2ccc(Nc3nc(N4CCC(CNCC(F)F)CC4)c4occc4n3)cc2NC1=O. The summed E-state index contributed by atoms with van der Waals surface area (Å²) < 4.78 is 30.4. The monoisotopic (exact) mass is 470 g/mol. The maximum Gasteiger partial charge on any atom is 0.250 e. The van der Waals surface area contributed by atoms with Gasteiger partial charge in [-0.1, -0.05) is 13.0 Å². The zero-order valence-electron chi connectivity index (χ0n) is 19.0. The third-order valence-electron chi connectivity index (χ3n) is 6.53. The molecule has 180 valence electrons. The van der Waals surface area contributed by atoms with Gasteiger partial charge in [0.1, 0.15) is 5.52 Å². The first-order valence-corrected chi connectivity index (χ1v) is 11.7. The van der Waals surface area contributed by atoms with Gasteiger partial charge in [-0.05, 0) is 49.4 Å². The third-order valence-corrected chi connectivity index (χ3v) is 6.53. The van der Waals surface area contributed by atoms with E-state index in [0.717, 1.165) is 55.1 Å². The molecule has 34 heavy (non-hydrogen) atoms. The van der Waals surface area contributed by atoms with E-state index in [1.807, 2.05) is 25.1 Å². The number of fused-ring (bicyclic) bond motifs is 2. The second-order valence-electron chi connectivity index (χ2n) is 9.08. The highest BCUT2D eigenvalue weighted by molar-refractivity contribution is 5.96. The van der Waals surface area contributed by atoms with Crippen LogP contribution in [0.3, 0.4) is 0 Å². The lowest BCUT2D eigenvalue weighted by Gasteiger charge is -2.33. The molecule has 2 aliphatic heterocycles. The van der Waals surface area contributed by atoms with Gasteiger partial charge in [0.05, 0.1) is 12.8 Å². The highest BCUT2D eigenvalue weighted by Gasteiger charge is 2.25. The lowest BCUT2D eigenvalue weighted by molar-refractivity contribution is -0.119. The lowest BCUT2D eigenvalue weighted by Crippen LogP contribution is -2.38. The van der Waals surface area contributed by atoms with E-state index in [4.69, 9.17) is 9.40 Å². The second kappa shape index (κ2) is 9.54. The van der Waals surface area contributed by atoms with Gasteiger partial charge in [-0.25, -0.2) is 13.8 Å². The van der Waals surface area contributed by atoms with Gasteiger partial charge in [0.2, 0.25) is 11.9 Å². The van der Waals surface area contributed by atoms with Gasteiger partial charge >= 0.3 is 0 Å². The van der Waals surface area contributed by atoms with E-state index < -0.39 is 6.43 Å². The van der Waals surface area contributed by atoms with Crippen molar-refractivity contribution in [2.24, 2.45) is 11.8 Å². The van der Waals surface area contributed by atoms with Crippen molar-refractivity contribution in [1.29, 1.82) is 0 Å². The molecule has 0 bridgehead atoms. The van der Waals surface area contributed by atoms with Gasteiger partial charge in [0.25, 0.3) is 6.43 Å². The van der Waals surface area contributed by atoms with Crippen LogP contribution < -0.4 is 20.9 Å². The average molecular weight is 471 g/mol. The Kier molecular flexibility index (Phi) is 6.32. The van der Waals surface area contributed by atoms with Crippen molar-refractivity contribution in [1.82, 2.24) is 15.3 Å². The fourth-order valence-corrected chi connectivity index (χ4v) is 4.62. The minimum absolute atomic E-state index is 0.0239. The zero-order valence-corrected chi connectivity index (χ0v) is 19.0. The number of hydrogen-bond donors (Lipinski definition) is 3. The number of hydrogen-bond acceptors (Lipinski definition) is 7. The first kappa shape index (κ1) is 22.5. The fourth-order valence-electron chi connectivity index (χ4n) is 4.62. The number of alkyl halides is 2. The van der Waals surface area contributed by atoms with Crippen molar-refractivity contribution in [3.63, 3.8) is 0 Å². The maximum atomic E-state index is 12.4. The molecule has 0 saturated carbocycles. The van der Waals surface area contributed by atoms with E-state index >= 15 is 0 Å². The van der Waals surface area contributed by atoms with Crippen LogP contribution in [-0.2, 0) is 11.2 Å². The Morgan fingerprint density at radius 3 is 2.85 bits per heavy atom. The molecule has 3 aromatic rings. The van der Waals surface area contributed by atoms with Crippen LogP contribution in [0.4, 0.5) is 31.9 Å². The fraction of sp³-hybridized carbons (Fsp3) is 0.458. The Hall–Kier alpha value is -3.27. The number of amides is 1. The van der Waals surface area contributed by atoms with Gasteiger partial charge in [0, 0.05) is 36.4 Å². The van der Waals surface area contributed by atoms with Crippen molar-refractivity contribution in [3.05, 3.63) is 36.1 Å². The molecule has 1 atom stereocenters. The smallest absolute Gasteiger partial charge is 0.250 e. The van der Waals surface area contributed by atoms with Crippen molar-refractivity contribution < 1.29 is 18.0 Å². The molecule has 1 amide bonds. The molecule has 0 spiro atoms. The average Bonchev–Trinajstić information content (AvgIpc) is 3.28. The van der Waals surface area contributed by atoms with Gasteiger partial charge in [0.15, 0.2) is 11.4 Å². The Labute approximate surface area is 196 Å². The molecule has 2 aliphatic rings. The number of carbonyl (C=O) groups excluding carboxylic acids is 1. The molecular weight excluding hydrogens is 442 g/mol. The van der Waals surface area contributed by atoms with E-state index in [9.17, 15) is 13.6 Å². The van der Waals surface area contributed by atoms with E-state index in [1.54, 1.807) is 12.3 Å². The molecule has 0 radical (unpaired) electrons. The molecule has 1 aromatic carbocycles. The zero-order chi connectivity index (χ0) is 23.7. The summed E-state index contributed by atoms with van der Waals surface area (Å²) in [5.74, 6) is 1.51. The Bertz CT molecular complexity index is 1180. The molecule has 10 heteroatoms. The van der Waals surface area contributed by atoms with Crippen LogP contribution in [0.1, 0.15) is 25.3 Å². The quantitative estimate of drug-likeness (QED) is 0.477. The molecule has 8 nitrogen and oxygen atoms in total. The first-order valence-electron chi connectivity index (χ1n) is 11.7. The van der Waals surface area contributed by atoms with Crippen molar-refractivity contribution in [2.75, 3.05) is 41.7 Å². The summed E-state index contributed by atoms with van der Waals surface area (Å²) in [5, 5.41) is 9.07. The first-order chi connectivity index (χ1) is 16.5. The maximum absolute atomic E-state index is 12.4. The molecule has 4 heterocycles. The summed E-state index contributed by atoms with van der Waals surface area (Å²) in [6.45, 7) is 3.77. The van der Waals surface area contributed by atoms with Crippen LogP contribution in [0.2, 0.25) is 0 Å². The Morgan fingerprint density at radius 2 is 2.06 bits per heavy atom. The summed E-state index contributed by atoms with van der Waals surface area (Å²) in [7, 11) is 0. The van der Waals surface area contributed by atoms with E-state index in [0.29, 0.717) is 29.5 Å². The second-order valence-corrected chi connectivity index (χ2v) is 9.08. The minimum Gasteiger partial charge on any atom is -0.459 e. The van der Waals surface area contributed by atoms with Gasteiger partial charge in [-0.3, -0.25) is 4.79 Å². The predicted molar refractivity (Wildman–Crippen MR) is 127 cm³/mol. The standard InChI is InChI=1S/C24H28F2N6O2/c1-14-10-16-2-3-17(11-19(16)29-23(14)33)28-24-30-18-6-9-34-21(18)22(31-24)32-7-4-15(5-8-32)12-27-13-20(25)26/h2-3,6,9,11,14-15,20,27H,4-5,7-8,10,12-13H2,1H3,(H,29,33)(H,28,30,31). The number of anilines is 4. The van der Waals surface area contributed by atoms with E-state index in [1.165, 1.54) is 0 Å². The number of nitrogens with zero attached hydrogens (tertiary/aromatic N) is 3. The number of rotatable bonds is 7. The van der Waals surface area contributed by atoms with E-state index in [-0.39, 0.29) is 18.4 Å². The predicted octanol–water partition coefficient (Wildman–Crippen LogP) is 4.17. The van der Waals surface area contributed by atoms with Gasteiger partial charge in [-0.2, -0.15) is 4.98 Å². The number of benzene rings is 1. The normalized spacial score (nSPS) is 18.9. The molecular formula is C24H28F2N6O2. The molecule has 2 aromatic heterocycles. The van der Waals surface area contributed by atoms with Gasteiger partial charge in [-0.15, -0.1) is 0 Å². The number of halogens is 2. The summed E-state index contributed by atoms with van der Waals surface area (Å²) in [4.78, 5) is 23.6. The summed E-state index contributed by atoms with van der Waals surface area (Å²) in [5.41, 5.74) is 4.03. The number of carbonyl (C=O) groups is 1. The summed E-state index contributed by atoms with van der Waals surface area (Å²) in [6, 6.07) is 7.68. The molecule has 1 fully saturated rings. The molecule has 5 rings (SSSR count). The number of piperidine rings is 1. The van der Waals surface area contributed by atoms with Crippen molar-refractivity contribution in [2.45, 2.75) is 32.6 Å². The lowest BCUT2D eigenvalue weighted by atomic mass is 9.94. The van der Waals surface area contributed by atoms with Gasteiger partial charge < -0.3 is 25.3 Å². The molecule has 1 unspecified atom stereocenters. The van der Waals surface area contributed by atoms with Crippen LogP contribution in [0.5, 0.6) is 0 Å². The van der Waals surface area contributed by atoms with Crippen molar-refractivity contribution in [3.8, 4) is 0 Å². The number of furan rings is 1. The van der Waals surface area contributed by atoms with Crippen LogP contribution in [-0.4, -0.2) is 48.5 Å². The Balaban J connectivity index is 1.31. The van der Waals surface area contributed by atoms with Crippen LogP contribution in [0.15, 0.2) is 34.9 Å². The summed E-state index contributed by atoms with van der Waals surface area (Å²) in [6.07, 6.45) is 1.76. The van der Waals surface area contributed by atoms with Crippen LogP contribution in [0, 0.1) is 11.8 Å². The third kappa shape index (κ3) is 4.82. The van der Waals surface area contributed by atoms with Crippen LogP contribution >= 0.6 is 0 Å². The number of aromatic nitrogens is 2. The molecule has 1 saturated heterocycles. The van der Waals surface area contributed by atoms with Crippen molar-refractivity contribution >= 4 is 40.1 Å². The van der Waals surface area contributed by atoms with E-state index in [2.05, 4.69) is 25.8 Å². The highest BCUT2D eigenvalue weighted by Crippen LogP contribution is 2.32. The Morgan fingerprint density at radius 1 is 1.24 bits per heavy atom. The molecule has 0 aliphatic carbocycles. The molecule has 3 N–H and O–H groups in total. The summed E-state index contributed by atoms with van der Waals surface area (Å²) >= 11 is 0. The highest BCUT2D eigenvalue weighted by atomic mass is 19.3.